The molecule has 0 radical (unpaired) electrons. The molecule has 0 atom stereocenters. The molecule has 120 valence electrons. The Morgan fingerprint density at radius 2 is 1.52 bits per heavy atom. The van der Waals surface area contributed by atoms with Crippen molar-refractivity contribution < 1.29 is 9.84 Å². The van der Waals surface area contributed by atoms with Gasteiger partial charge in [-0.15, -0.1) is 0 Å². The first-order chi connectivity index (χ1) is 9.97. The SMILES string of the molecule is CC(C)(C)CCCCCCCCCOc1cccc(O)c1. The molecule has 0 bridgehead atoms. The molecule has 0 aliphatic carbocycles. The summed E-state index contributed by atoms with van der Waals surface area (Å²) in [5, 5.41) is 9.33. The molecule has 1 aromatic carbocycles. The van der Waals surface area contributed by atoms with E-state index >= 15 is 0 Å². The Morgan fingerprint density at radius 1 is 0.905 bits per heavy atom. The molecule has 2 heteroatoms. The molecule has 0 saturated carbocycles. The minimum atomic E-state index is 0.266. The summed E-state index contributed by atoms with van der Waals surface area (Å²) < 4.78 is 5.61. The smallest absolute Gasteiger partial charge is 0.122 e. The van der Waals surface area contributed by atoms with Crippen molar-refractivity contribution in [2.45, 2.75) is 72.1 Å². The van der Waals surface area contributed by atoms with E-state index in [1.54, 1.807) is 12.1 Å². The zero-order chi connectivity index (χ0) is 15.6. The number of hydrogen-bond donors (Lipinski definition) is 1. The number of phenols is 1. The quantitative estimate of drug-likeness (QED) is 0.541. The third-order valence-corrected chi connectivity index (χ3v) is 3.66. The lowest BCUT2D eigenvalue weighted by molar-refractivity contribution is 0.302. The van der Waals surface area contributed by atoms with Gasteiger partial charge in [-0.2, -0.15) is 0 Å². The van der Waals surface area contributed by atoms with Crippen LogP contribution in [0, 0.1) is 5.41 Å². The van der Waals surface area contributed by atoms with Gasteiger partial charge in [-0.05, 0) is 30.4 Å². The van der Waals surface area contributed by atoms with E-state index in [0.29, 0.717) is 5.41 Å². The Morgan fingerprint density at radius 3 is 2.14 bits per heavy atom. The highest BCUT2D eigenvalue weighted by atomic mass is 16.5. The van der Waals surface area contributed by atoms with Gasteiger partial charge in [0.15, 0.2) is 0 Å². The fourth-order valence-corrected chi connectivity index (χ4v) is 2.40. The molecular formula is C19H32O2. The summed E-state index contributed by atoms with van der Waals surface area (Å²) in [6.07, 6.45) is 10.4. The maximum Gasteiger partial charge on any atom is 0.122 e. The van der Waals surface area contributed by atoms with Crippen molar-refractivity contribution in [3.05, 3.63) is 24.3 Å². The highest BCUT2D eigenvalue weighted by molar-refractivity contribution is 5.31. The molecule has 21 heavy (non-hydrogen) atoms. The Hall–Kier alpha value is -1.18. The summed E-state index contributed by atoms with van der Waals surface area (Å²) in [7, 11) is 0. The highest BCUT2D eigenvalue weighted by Crippen LogP contribution is 2.22. The Kier molecular flexibility index (Phi) is 8.26. The van der Waals surface area contributed by atoms with Crippen LogP contribution in [-0.2, 0) is 0 Å². The number of aromatic hydroxyl groups is 1. The average molecular weight is 292 g/mol. The largest absolute Gasteiger partial charge is 0.508 e. The molecular weight excluding hydrogens is 260 g/mol. The maximum absolute atomic E-state index is 9.33. The summed E-state index contributed by atoms with van der Waals surface area (Å²) in [6.45, 7) is 7.70. The lowest BCUT2D eigenvalue weighted by Gasteiger charge is -2.17. The zero-order valence-electron chi connectivity index (χ0n) is 14.0. The van der Waals surface area contributed by atoms with Gasteiger partial charge >= 0.3 is 0 Å². The van der Waals surface area contributed by atoms with Gasteiger partial charge in [-0.1, -0.05) is 65.4 Å². The summed E-state index contributed by atoms with van der Waals surface area (Å²) in [5.74, 6) is 1.03. The fourth-order valence-electron chi connectivity index (χ4n) is 2.40. The van der Waals surface area contributed by atoms with Crippen LogP contribution in [0.1, 0.15) is 72.1 Å². The van der Waals surface area contributed by atoms with Gasteiger partial charge in [-0.25, -0.2) is 0 Å². The normalized spacial score (nSPS) is 11.6. The van der Waals surface area contributed by atoms with Crippen molar-refractivity contribution in [1.82, 2.24) is 0 Å². The van der Waals surface area contributed by atoms with Crippen LogP contribution in [0.15, 0.2) is 24.3 Å². The van der Waals surface area contributed by atoms with E-state index < -0.39 is 0 Å². The molecule has 0 unspecified atom stereocenters. The van der Waals surface area contributed by atoms with E-state index in [4.69, 9.17) is 4.74 Å². The van der Waals surface area contributed by atoms with Crippen molar-refractivity contribution in [2.75, 3.05) is 6.61 Å². The summed E-state index contributed by atoms with van der Waals surface area (Å²) in [5.41, 5.74) is 0.489. The van der Waals surface area contributed by atoms with Gasteiger partial charge in [0.1, 0.15) is 11.5 Å². The van der Waals surface area contributed by atoms with Crippen LogP contribution in [0.2, 0.25) is 0 Å². The fraction of sp³-hybridized carbons (Fsp3) is 0.684. The predicted octanol–water partition coefficient (Wildman–Crippen LogP) is 5.94. The lowest BCUT2D eigenvalue weighted by atomic mass is 9.89. The first-order valence-electron chi connectivity index (χ1n) is 8.39. The molecule has 1 N–H and O–H groups in total. The van der Waals surface area contributed by atoms with Gasteiger partial charge < -0.3 is 9.84 Å². The van der Waals surface area contributed by atoms with E-state index in [-0.39, 0.29) is 5.75 Å². The third kappa shape index (κ3) is 10.2. The lowest BCUT2D eigenvalue weighted by Crippen LogP contribution is -2.03. The Bertz CT molecular complexity index is 379. The Labute approximate surface area is 130 Å². The first kappa shape index (κ1) is 17.9. The van der Waals surface area contributed by atoms with Crippen molar-refractivity contribution >= 4 is 0 Å². The second-order valence-electron chi connectivity index (χ2n) is 7.13. The molecule has 1 rings (SSSR count). The Balaban J connectivity index is 1.89. The third-order valence-electron chi connectivity index (χ3n) is 3.66. The van der Waals surface area contributed by atoms with E-state index in [2.05, 4.69) is 20.8 Å². The number of hydrogen-bond acceptors (Lipinski definition) is 2. The molecule has 0 spiro atoms. The first-order valence-corrected chi connectivity index (χ1v) is 8.39. The molecule has 2 nitrogen and oxygen atoms in total. The predicted molar refractivity (Wildman–Crippen MR) is 90.0 cm³/mol. The monoisotopic (exact) mass is 292 g/mol. The van der Waals surface area contributed by atoms with Crippen LogP contribution in [0.3, 0.4) is 0 Å². The van der Waals surface area contributed by atoms with Crippen LogP contribution in [0.4, 0.5) is 0 Å². The summed E-state index contributed by atoms with van der Waals surface area (Å²) >= 11 is 0. The van der Waals surface area contributed by atoms with Crippen molar-refractivity contribution in [3.63, 3.8) is 0 Å². The minimum Gasteiger partial charge on any atom is -0.508 e. The molecule has 0 aliphatic heterocycles. The van der Waals surface area contributed by atoms with Gasteiger partial charge in [-0.3, -0.25) is 0 Å². The van der Waals surface area contributed by atoms with Crippen molar-refractivity contribution in [2.24, 2.45) is 5.41 Å². The molecule has 0 aliphatic rings. The second-order valence-corrected chi connectivity index (χ2v) is 7.13. The average Bonchev–Trinajstić information content (AvgIpc) is 2.40. The number of ether oxygens (including phenoxy) is 1. The summed E-state index contributed by atoms with van der Waals surface area (Å²) in [6, 6.07) is 7.01. The van der Waals surface area contributed by atoms with Crippen LogP contribution in [0.25, 0.3) is 0 Å². The molecule has 1 aromatic rings. The van der Waals surface area contributed by atoms with E-state index in [1.807, 2.05) is 12.1 Å². The van der Waals surface area contributed by atoms with Gasteiger partial charge in [0, 0.05) is 6.07 Å². The standard InChI is InChI=1S/C19H32O2/c1-19(2,3)14-9-7-5-4-6-8-10-15-21-18-13-11-12-17(20)16-18/h11-13,16,20H,4-10,14-15H2,1-3H3. The topological polar surface area (TPSA) is 29.5 Å². The van der Waals surface area contributed by atoms with Crippen LogP contribution in [-0.4, -0.2) is 11.7 Å². The molecule has 0 aromatic heterocycles. The number of phenolic OH excluding ortho intramolecular Hbond substituents is 1. The zero-order valence-corrected chi connectivity index (χ0v) is 14.0. The number of rotatable bonds is 10. The highest BCUT2D eigenvalue weighted by Gasteiger charge is 2.08. The molecule has 0 heterocycles. The van der Waals surface area contributed by atoms with Crippen molar-refractivity contribution in [1.29, 1.82) is 0 Å². The van der Waals surface area contributed by atoms with E-state index in [1.165, 1.54) is 44.9 Å². The van der Waals surface area contributed by atoms with Gasteiger partial charge in [0.2, 0.25) is 0 Å². The van der Waals surface area contributed by atoms with Crippen LogP contribution < -0.4 is 4.74 Å². The van der Waals surface area contributed by atoms with Gasteiger partial charge in [0.25, 0.3) is 0 Å². The van der Waals surface area contributed by atoms with Crippen LogP contribution >= 0.6 is 0 Å². The maximum atomic E-state index is 9.33. The van der Waals surface area contributed by atoms with Crippen molar-refractivity contribution in [3.8, 4) is 11.5 Å². The molecule has 0 saturated heterocycles. The van der Waals surface area contributed by atoms with E-state index in [9.17, 15) is 5.11 Å². The van der Waals surface area contributed by atoms with Crippen LogP contribution in [0.5, 0.6) is 11.5 Å². The minimum absolute atomic E-state index is 0.266. The number of benzene rings is 1. The molecule has 0 fully saturated rings. The second kappa shape index (κ2) is 9.70. The van der Waals surface area contributed by atoms with E-state index in [0.717, 1.165) is 18.8 Å². The van der Waals surface area contributed by atoms with Gasteiger partial charge in [0.05, 0.1) is 6.61 Å². The number of unbranched alkanes of at least 4 members (excludes halogenated alkanes) is 6. The molecule has 0 amide bonds. The summed E-state index contributed by atoms with van der Waals surface area (Å²) in [4.78, 5) is 0.